The van der Waals surface area contributed by atoms with Gasteiger partial charge < -0.3 is 9.72 Å². The molecule has 6 nitrogen and oxygen atoms in total. The summed E-state index contributed by atoms with van der Waals surface area (Å²) in [5.41, 5.74) is 1.93. The number of pyridine rings is 1. The molecular weight excluding hydrogens is 429 g/mol. The highest BCUT2D eigenvalue weighted by molar-refractivity contribution is 7.91. The van der Waals surface area contributed by atoms with Crippen LogP contribution in [-0.4, -0.2) is 23.7 Å². The highest BCUT2D eigenvalue weighted by Crippen LogP contribution is 2.24. The third-order valence-electron chi connectivity index (χ3n) is 4.54. The van der Waals surface area contributed by atoms with E-state index in [9.17, 15) is 17.6 Å². The second-order valence-corrected chi connectivity index (χ2v) is 8.87. The van der Waals surface area contributed by atoms with Crippen LogP contribution in [0.3, 0.4) is 0 Å². The zero-order valence-electron chi connectivity index (χ0n) is 15.4. The fourth-order valence-corrected chi connectivity index (χ4v) is 4.30. The van der Waals surface area contributed by atoms with E-state index in [4.69, 9.17) is 11.6 Å². The molecule has 0 bridgehead atoms. The van der Waals surface area contributed by atoms with Gasteiger partial charge in [-0.3, -0.25) is 4.79 Å². The van der Waals surface area contributed by atoms with Crippen molar-refractivity contribution in [3.63, 3.8) is 0 Å². The number of hydrogen-bond donors (Lipinski definition) is 1. The molecule has 0 unspecified atom stereocenters. The summed E-state index contributed by atoms with van der Waals surface area (Å²) >= 11 is 5.62. The van der Waals surface area contributed by atoms with E-state index < -0.39 is 15.7 Å². The van der Waals surface area contributed by atoms with Crippen LogP contribution in [0.2, 0.25) is 5.02 Å². The third kappa shape index (κ3) is 3.92. The van der Waals surface area contributed by atoms with Crippen LogP contribution in [0.1, 0.15) is 15.9 Å². The predicted octanol–water partition coefficient (Wildman–Crippen LogP) is 3.89. The second-order valence-electron chi connectivity index (χ2n) is 6.52. The molecule has 9 heteroatoms. The topological polar surface area (TPSA) is 80.5 Å². The molecular formula is C21H15ClFN3O3S. The Morgan fingerprint density at radius 3 is 2.53 bits per heavy atom. The first-order valence-electron chi connectivity index (χ1n) is 8.84. The van der Waals surface area contributed by atoms with Gasteiger partial charge in [0.25, 0.3) is 5.91 Å². The molecule has 2 heterocycles. The lowest BCUT2D eigenvalue weighted by molar-refractivity contribution is 0.0950. The predicted molar refractivity (Wildman–Crippen MR) is 110 cm³/mol. The van der Waals surface area contributed by atoms with Crippen molar-refractivity contribution in [2.75, 3.05) is 0 Å². The van der Waals surface area contributed by atoms with Gasteiger partial charge in [0.1, 0.15) is 11.5 Å². The normalized spacial score (nSPS) is 11.5. The molecule has 30 heavy (non-hydrogen) atoms. The maximum absolute atomic E-state index is 13.6. The van der Waals surface area contributed by atoms with Gasteiger partial charge in [-0.05, 0) is 48.0 Å². The van der Waals surface area contributed by atoms with Crippen LogP contribution < -0.4 is 5.32 Å². The van der Waals surface area contributed by atoms with Crippen molar-refractivity contribution in [2.24, 2.45) is 0 Å². The van der Waals surface area contributed by atoms with Crippen molar-refractivity contribution in [2.45, 2.75) is 16.3 Å². The Bertz CT molecular complexity index is 1350. The van der Waals surface area contributed by atoms with Crippen molar-refractivity contribution in [3.05, 3.63) is 95.2 Å². The van der Waals surface area contributed by atoms with Crippen LogP contribution in [0.5, 0.6) is 0 Å². The van der Waals surface area contributed by atoms with Gasteiger partial charge in [-0.25, -0.2) is 17.8 Å². The Kier molecular flexibility index (Phi) is 5.27. The number of amides is 1. The molecule has 1 amide bonds. The van der Waals surface area contributed by atoms with Crippen LogP contribution >= 0.6 is 11.6 Å². The van der Waals surface area contributed by atoms with Crippen LogP contribution in [-0.2, 0) is 16.4 Å². The standard InChI is InChI=1S/C21H15ClFN3O3S/c22-18-7-6-17(11-19(18)23)30(28,29)16-4-1-14(2-5-16)12-25-21(27)15-3-8-20-24-9-10-26(20)13-15/h1-11,13H,12H2,(H,25,27). The number of fused-ring (bicyclic) bond motifs is 1. The Morgan fingerprint density at radius 1 is 1.07 bits per heavy atom. The van der Waals surface area contributed by atoms with E-state index >= 15 is 0 Å². The van der Waals surface area contributed by atoms with Crippen molar-refractivity contribution in [1.29, 1.82) is 0 Å². The largest absolute Gasteiger partial charge is 0.348 e. The summed E-state index contributed by atoms with van der Waals surface area (Å²) in [6, 6.07) is 12.8. The van der Waals surface area contributed by atoms with Crippen molar-refractivity contribution >= 4 is 33.0 Å². The molecule has 0 atom stereocenters. The average Bonchev–Trinajstić information content (AvgIpc) is 3.22. The molecule has 152 valence electrons. The molecule has 0 saturated carbocycles. The molecule has 2 aromatic carbocycles. The fraction of sp³-hybridized carbons (Fsp3) is 0.0476. The highest BCUT2D eigenvalue weighted by atomic mass is 35.5. The summed E-state index contributed by atoms with van der Waals surface area (Å²) < 4.78 is 40.7. The first kappa shape index (κ1) is 20.1. The maximum Gasteiger partial charge on any atom is 0.253 e. The molecule has 0 spiro atoms. The number of nitrogens with zero attached hydrogens (tertiary/aromatic N) is 2. The van der Waals surface area contributed by atoms with E-state index in [1.165, 1.54) is 24.3 Å². The van der Waals surface area contributed by atoms with E-state index in [0.29, 0.717) is 11.1 Å². The number of rotatable bonds is 5. The summed E-state index contributed by atoms with van der Waals surface area (Å²) in [6.07, 6.45) is 5.07. The summed E-state index contributed by atoms with van der Waals surface area (Å²) in [5.74, 6) is -1.06. The lowest BCUT2D eigenvalue weighted by Gasteiger charge is -2.08. The van der Waals surface area contributed by atoms with Crippen molar-refractivity contribution in [1.82, 2.24) is 14.7 Å². The summed E-state index contributed by atoms with van der Waals surface area (Å²) in [6.45, 7) is 0.219. The second kappa shape index (κ2) is 7.89. The summed E-state index contributed by atoms with van der Waals surface area (Å²) in [4.78, 5) is 16.3. The first-order chi connectivity index (χ1) is 14.3. The molecule has 4 aromatic rings. The fourth-order valence-electron chi connectivity index (χ4n) is 2.91. The molecule has 1 N–H and O–H groups in total. The minimum atomic E-state index is -3.88. The minimum absolute atomic E-state index is 0.0184. The zero-order valence-corrected chi connectivity index (χ0v) is 17.0. The maximum atomic E-state index is 13.6. The Hall–Kier alpha value is -3.23. The molecule has 2 aromatic heterocycles. The van der Waals surface area contributed by atoms with Crippen molar-refractivity contribution < 1.29 is 17.6 Å². The molecule has 0 fully saturated rings. The van der Waals surface area contributed by atoms with Gasteiger partial charge in [0.15, 0.2) is 0 Å². The first-order valence-corrected chi connectivity index (χ1v) is 10.7. The van der Waals surface area contributed by atoms with Gasteiger partial charge in [-0.15, -0.1) is 0 Å². The van der Waals surface area contributed by atoms with Gasteiger partial charge in [0, 0.05) is 25.1 Å². The number of nitrogens with one attached hydrogen (secondary N) is 1. The van der Waals surface area contributed by atoms with Crippen LogP contribution in [0.25, 0.3) is 5.65 Å². The molecule has 0 aliphatic carbocycles. The molecule has 4 rings (SSSR count). The Morgan fingerprint density at radius 2 is 1.80 bits per heavy atom. The third-order valence-corrected chi connectivity index (χ3v) is 6.61. The smallest absolute Gasteiger partial charge is 0.253 e. The lowest BCUT2D eigenvalue weighted by atomic mass is 10.2. The van der Waals surface area contributed by atoms with Gasteiger partial charge in [-0.1, -0.05) is 23.7 Å². The Balaban J connectivity index is 1.46. The molecule has 0 aliphatic heterocycles. The molecule has 0 aliphatic rings. The van der Waals surface area contributed by atoms with Crippen LogP contribution in [0.15, 0.2) is 83.0 Å². The number of carbonyl (C=O) groups is 1. The van der Waals surface area contributed by atoms with Crippen LogP contribution in [0, 0.1) is 5.82 Å². The lowest BCUT2D eigenvalue weighted by Crippen LogP contribution is -2.23. The van der Waals surface area contributed by atoms with Gasteiger partial charge >= 0.3 is 0 Å². The number of carbonyl (C=O) groups excluding carboxylic acids is 1. The zero-order chi connectivity index (χ0) is 21.3. The number of hydrogen-bond acceptors (Lipinski definition) is 4. The van der Waals surface area contributed by atoms with E-state index in [1.54, 1.807) is 47.3 Å². The number of benzene rings is 2. The average molecular weight is 444 g/mol. The number of aromatic nitrogens is 2. The Labute approximate surface area is 176 Å². The minimum Gasteiger partial charge on any atom is -0.348 e. The number of imidazole rings is 1. The monoisotopic (exact) mass is 443 g/mol. The van der Waals surface area contributed by atoms with E-state index in [0.717, 1.165) is 11.7 Å². The molecule has 0 radical (unpaired) electrons. The number of halogens is 2. The highest BCUT2D eigenvalue weighted by Gasteiger charge is 2.19. The number of sulfone groups is 1. The van der Waals surface area contributed by atoms with E-state index in [1.807, 2.05) is 0 Å². The summed E-state index contributed by atoms with van der Waals surface area (Å²) in [7, 11) is -3.88. The van der Waals surface area contributed by atoms with Crippen LogP contribution in [0.4, 0.5) is 4.39 Å². The SMILES string of the molecule is O=C(NCc1ccc(S(=O)(=O)c2ccc(Cl)c(F)c2)cc1)c1ccc2nccn2c1. The van der Waals surface area contributed by atoms with E-state index in [-0.39, 0.29) is 27.3 Å². The quantitative estimate of drug-likeness (QED) is 0.507. The van der Waals surface area contributed by atoms with Gasteiger partial charge in [-0.2, -0.15) is 0 Å². The molecule has 0 saturated heterocycles. The van der Waals surface area contributed by atoms with Crippen molar-refractivity contribution in [3.8, 4) is 0 Å². The van der Waals surface area contributed by atoms with E-state index in [2.05, 4.69) is 10.3 Å². The van der Waals surface area contributed by atoms with Gasteiger partial charge in [0.2, 0.25) is 9.84 Å². The van der Waals surface area contributed by atoms with Gasteiger partial charge in [0.05, 0.1) is 20.4 Å². The summed E-state index contributed by atoms with van der Waals surface area (Å²) in [5, 5.41) is 2.64.